The molecule has 5 rings (SSSR count). The summed E-state index contributed by atoms with van der Waals surface area (Å²) in [6, 6.07) is 13.7. The first-order valence-electron chi connectivity index (χ1n) is 13.9. The van der Waals surface area contributed by atoms with Gasteiger partial charge >= 0.3 is 0 Å². The second kappa shape index (κ2) is 11.6. The minimum absolute atomic E-state index is 0.0730. The van der Waals surface area contributed by atoms with Crippen LogP contribution in [0.3, 0.4) is 0 Å². The van der Waals surface area contributed by atoms with E-state index in [1.54, 1.807) is 12.0 Å². The Morgan fingerprint density at radius 3 is 2.54 bits per heavy atom. The van der Waals surface area contributed by atoms with E-state index < -0.39 is 6.04 Å². The number of imidazole rings is 1. The Kier molecular flexibility index (Phi) is 8.02. The highest BCUT2D eigenvalue weighted by Gasteiger charge is 2.37. The van der Waals surface area contributed by atoms with Crippen LogP contribution in [0.4, 0.5) is 0 Å². The molecule has 1 unspecified atom stereocenters. The molecule has 8 heteroatoms. The van der Waals surface area contributed by atoms with E-state index in [-0.39, 0.29) is 30.3 Å². The summed E-state index contributed by atoms with van der Waals surface area (Å²) in [6.07, 6.45) is 6.02. The summed E-state index contributed by atoms with van der Waals surface area (Å²) in [4.78, 5) is 33.8. The first-order chi connectivity index (χ1) is 18.8. The zero-order chi connectivity index (χ0) is 27.5. The monoisotopic (exact) mass is 529 g/mol. The van der Waals surface area contributed by atoms with Gasteiger partial charge in [-0.3, -0.25) is 9.59 Å². The number of hydrogen-bond donors (Lipinski definition) is 2. The fourth-order valence-corrected chi connectivity index (χ4v) is 5.73. The van der Waals surface area contributed by atoms with Crippen LogP contribution in [-0.4, -0.2) is 51.5 Å². The first-order valence-corrected chi connectivity index (χ1v) is 13.9. The van der Waals surface area contributed by atoms with E-state index in [1.807, 2.05) is 30.6 Å². The van der Waals surface area contributed by atoms with Crippen LogP contribution in [0.5, 0.6) is 5.75 Å². The summed E-state index contributed by atoms with van der Waals surface area (Å²) < 4.78 is 7.39. The number of aromatic nitrogens is 2. The summed E-state index contributed by atoms with van der Waals surface area (Å²) in [5.41, 5.74) is 12.5. The largest absolute Gasteiger partial charge is 0.497 e. The van der Waals surface area contributed by atoms with E-state index >= 15 is 0 Å². The zero-order valence-corrected chi connectivity index (χ0v) is 23.2. The molecule has 1 aliphatic heterocycles. The molecule has 1 fully saturated rings. The van der Waals surface area contributed by atoms with Crippen molar-refractivity contribution in [2.24, 2.45) is 5.73 Å². The van der Waals surface area contributed by atoms with Crippen molar-refractivity contribution in [1.29, 1.82) is 0 Å². The topological polar surface area (TPSA) is 102 Å². The highest BCUT2D eigenvalue weighted by atomic mass is 16.5. The fraction of sp³-hybridized carbons (Fsp3) is 0.452. The van der Waals surface area contributed by atoms with Gasteiger partial charge in [0, 0.05) is 25.0 Å². The van der Waals surface area contributed by atoms with Gasteiger partial charge in [0.15, 0.2) is 0 Å². The Labute approximate surface area is 230 Å². The maximum Gasteiger partial charge on any atom is 0.243 e. The third-order valence-corrected chi connectivity index (χ3v) is 8.22. The number of nitrogens with two attached hydrogens (primary N) is 1. The Morgan fingerprint density at radius 1 is 1.08 bits per heavy atom. The van der Waals surface area contributed by atoms with E-state index in [1.165, 1.54) is 16.7 Å². The van der Waals surface area contributed by atoms with Gasteiger partial charge in [-0.05, 0) is 68.4 Å². The molecule has 2 heterocycles. The Morgan fingerprint density at radius 2 is 1.82 bits per heavy atom. The first kappa shape index (κ1) is 26.9. The van der Waals surface area contributed by atoms with Crippen molar-refractivity contribution in [3.8, 4) is 5.75 Å². The highest BCUT2D eigenvalue weighted by Crippen LogP contribution is 2.26. The molecule has 0 spiro atoms. The summed E-state index contributed by atoms with van der Waals surface area (Å²) in [7, 11) is 1.62. The molecular weight excluding hydrogens is 490 g/mol. The number of amides is 2. The minimum atomic E-state index is -0.595. The van der Waals surface area contributed by atoms with Crippen LogP contribution < -0.4 is 15.8 Å². The van der Waals surface area contributed by atoms with Gasteiger partial charge in [-0.2, -0.15) is 0 Å². The smallest absolute Gasteiger partial charge is 0.243 e. The summed E-state index contributed by atoms with van der Waals surface area (Å²) in [5.74, 6) is 0.568. The predicted molar refractivity (Wildman–Crippen MR) is 150 cm³/mol. The van der Waals surface area contributed by atoms with Crippen LogP contribution >= 0.6 is 0 Å². The van der Waals surface area contributed by atoms with Gasteiger partial charge in [0.2, 0.25) is 11.8 Å². The van der Waals surface area contributed by atoms with Gasteiger partial charge in [0.1, 0.15) is 11.8 Å². The van der Waals surface area contributed by atoms with Crippen LogP contribution in [0.25, 0.3) is 0 Å². The van der Waals surface area contributed by atoms with Crippen molar-refractivity contribution in [3.05, 3.63) is 82.4 Å². The number of nitrogens with one attached hydrogen (secondary N) is 1. The molecule has 206 valence electrons. The number of rotatable bonds is 7. The molecule has 2 amide bonds. The van der Waals surface area contributed by atoms with E-state index in [4.69, 9.17) is 15.5 Å². The number of hydrogen-bond acceptors (Lipinski definition) is 5. The lowest BCUT2D eigenvalue weighted by molar-refractivity contribution is -0.141. The van der Waals surface area contributed by atoms with E-state index in [0.29, 0.717) is 19.5 Å². The Balaban J connectivity index is 1.39. The van der Waals surface area contributed by atoms with Crippen LogP contribution in [0.1, 0.15) is 59.3 Å². The normalized spacial score (nSPS) is 20.8. The van der Waals surface area contributed by atoms with Gasteiger partial charge in [0.25, 0.3) is 0 Å². The van der Waals surface area contributed by atoms with Gasteiger partial charge in [0.05, 0.1) is 37.8 Å². The molecular formula is C31H39N5O3. The molecule has 0 radical (unpaired) electrons. The van der Waals surface area contributed by atoms with Crippen molar-refractivity contribution in [2.75, 3.05) is 7.11 Å². The molecule has 2 aromatic carbocycles. The number of methoxy groups -OCH3 is 1. The summed E-state index contributed by atoms with van der Waals surface area (Å²) >= 11 is 0. The minimum Gasteiger partial charge on any atom is -0.497 e. The quantitative estimate of drug-likeness (QED) is 0.488. The summed E-state index contributed by atoms with van der Waals surface area (Å²) in [6.45, 7) is 5.23. The van der Waals surface area contributed by atoms with Crippen LogP contribution in [0, 0.1) is 13.8 Å². The molecule has 1 saturated carbocycles. The third-order valence-electron chi connectivity index (χ3n) is 8.22. The van der Waals surface area contributed by atoms with Crippen molar-refractivity contribution < 1.29 is 14.3 Å². The lowest BCUT2D eigenvalue weighted by Crippen LogP contribution is -2.55. The standard InChI is InChI=1S/C31H39N5O3/c1-20-4-5-21(2)23(14-20)17-35-19-33-27-16-28(31(38)34-25-10-8-24(32)9-11-25)36(18-29(27)35)30(37)15-22-6-12-26(39-3)13-7-22/h4-7,12-14,19,24-25,28H,8-11,15-18,32H2,1-3H3,(H,34,38). The number of aryl methyl sites for hydroxylation is 2. The molecule has 1 aliphatic carbocycles. The van der Waals surface area contributed by atoms with E-state index in [9.17, 15) is 9.59 Å². The second-order valence-corrected chi connectivity index (χ2v) is 11.1. The Bertz CT molecular complexity index is 1320. The lowest BCUT2D eigenvalue weighted by Gasteiger charge is -2.36. The number of carbonyl (C=O) groups excluding carboxylic acids is 2. The maximum absolute atomic E-state index is 13.7. The van der Waals surface area contributed by atoms with Crippen molar-refractivity contribution in [2.45, 2.75) is 83.6 Å². The molecule has 8 nitrogen and oxygen atoms in total. The van der Waals surface area contributed by atoms with Crippen molar-refractivity contribution in [1.82, 2.24) is 19.8 Å². The lowest BCUT2D eigenvalue weighted by atomic mass is 9.91. The molecule has 3 N–H and O–H groups in total. The third kappa shape index (κ3) is 6.17. The molecule has 0 bridgehead atoms. The molecule has 2 aliphatic rings. The SMILES string of the molecule is COc1ccc(CC(=O)N2Cc3c(ncn3Cc3cc(C)ccc3C)CC2C(=O)NC2CCC(N)CC2)cc1. The highest BCUT2D eigenvalue weighted by molar-refractivity contribution is 5.89. The molecule has 0 saturated heterocycles. The van der Waals surface area contributed by atoms with Crippen LogP contribution in [0.15, 0.2) is 48.8 Å². The van der Waals surface area contributed by atoms with E-state index in [0.717, 1.165) is 48.4 Å². The second-order valence-electron chi connectivity index (χ2n) is 11.1. The van der Waals surface area contributed by atoms with E-state index in [2.05, 4.69) is 41.9 Å². The molecule has 1 atom stereocenters. The van der Waals surface area contributed by atoms with Gasteiger partial charge < -0.3 is 25.3 Å². The van der Waals surface area contributed by atoms with Gasteiger partial charge in [-0.25, -0.2) is 4.98 Å². The summed E-state index contributed by atoms with van der Waals surface area (Å²) in [5, 5.41) is 3.22. The van der Waals surface area contributed by atoms with Crippen molar-refractivity contribution in [3.63, 3.8) is 0 Å². The zero-order valence-electron chi connectivity index (χ0n) is 23.2. The number of benzene rings is 2. The average Bonchev–Trinajstić information content (AvgIpc) is 3.33. The number of ether oxygens (including phenoxy) is 1. The number of fused-ring (bicyclic) bond motifs is 1. The van der Waals surface area contributed by atoms with Crippen molar-refractivity contribution >= 4 is 11.8 Å². The Hall–Kier alpha value is -3.65. The molecule has 1 aromatic heterocycles. The average molecular weight is 530 g/mol. The fourth-order valence-electron chi connectivity index (χ4n) is 5.73. The maximum atomic E-state index is 13.7. The number of carbonyl (C=O) groups is 2. The van der Waals surface area contributed by atoms with Crippen LogP contribution in [0.2, 0.25) is 0 Å². The number of nitrogens with zero attached hydrogens (tertiary/aromatic N) is 3. The molecule has 3 aromatic rings. The predicted octanol–water partition coefficient (Wildman–Crippen LogP) is 3.44. The van der Waals surface area contributed by atoms with Gasteiger partial charge in [-0.1, -0.05) is 35.9 Å². The van der Waals surface area contributed by atoms with Gasteiger partial charge in [-0.15, -0.1) is 0 Å². The molecule has 39 heavy (non-hydrogen) atoms. The van der Waals surface area contributed by atoms with Crippen LogP contribution in [-0.2, 0) is 35.5 Å².